The van der Waals surface area contributed by atoms with Crippen LogP contribution in [-0.2, 0) is 18.3 Å². The molecule has 0 N–H and O–H groups in total. The molecule has 0 saturated carbocycles. The van der Waals surface area contributed by atoms with Gasteiger partial charge in [0.15, 0.2) is 0 Å². The minimum atomic E-state index is -3.78. The molecular weight excluding hydrogens is 340 g/mol. The Morgan fingerprint density at radius 1 is 0.875 bits per heavy atom. The van der Waals surface area contributed by atoms with Crippen LogP contribution >= 0.6 is 0 Å². The van der Waals surface area contributed by atoms with Gasteiger partial charge in [0.25, 0.3) is 0 Å². The van der Waals surface area contributed by atoms with Crippen molar-refractivity contribution in [2.45, 2.75) is 47.4 Å². The van der Waals surface area contributed by atoms with Crippen molar-refractivity contribution >= 4 is 5.97 Å². The first kappa shape index (κ1) is 9.78. The number of aliphatic imine (C=N–C) groups is 1. The van der Waals surface area contributed by atoms with Crippen LogP contribution in [0, 0.1) is 0 Å². The van der Waals surface area contributed by atoms with Crippen molar-refractivity contribution in [1.29, 1.82) is 0 Å². The summed E-state index contributed by atoms with van der Waals surface area (Å²) >= 11 is 0. The SMILES string of the molecule is FC1=NC=CC1(F)c1ccccc1[C]12[CH]3[CH]4[CH]5[CH]1[Ti]45321678[CH]2[CH]1[CH]6[CH]7[CH]28. The summed E-state index contributed by atoms with van der Waals surface area (Å²) in [5, 5.41) is 0. The number of allylic oxidation sites excluding steroid dienone is 1. The van der Waals surface area contributed by atoms with Crippen molar-refractivity contribution in [2.75, 3.05) is 0 Å². The van der Waals surface area contributed by atoms with E-state index in [0.717, 1.165) is 8.45 Å². The maximum atomic E-state index is 15.7. The molecule has 0 aliphatic carbocycles. The predicted octanol–water partition coefficient (Wildman–Crippen LogP) is 5.54. The van der Waals surface area contributed by atoms with E-state index in [0.29, 0.717) is 9.28 Å². The van der Waals surface area contributed by atoms with Crippen LogP contribution in [0.25, 0.3) is 0 Å². The van der Waals surface area contributed by atoms with E-state index >= 15 is 4.39 Å². The molecule has 11 aliphatic heterocycles. The molecule has 0 bridgehead atoms. The zero-order chi connectivity index (χ0) is 15.2. The molecule has 1 aromatic carbocycles. The monoisotopic (exact) mass is 355 g/mol. The molecule has 1 spiro atoms. The second kappa shape index (κ2) is 1.01. The van der Waals surface area contributed by atoms with Gasteiger partial charge >= 0.3 is 124 Å². The summed E-state index contributed by atoms with van der Waals surface area (Å²) in [6.07, 6.45) is 2.65. The van der Waals surface area contributed by atoms with Gasteiger partial charge in [-0.15, -0.1) is 0 Å². The molecule has 0 amide bonds. The number of hydrogen-bond acceptors (Lipinski definition) is 1. The maximum absolute atomic E-state index is 15.7. The standard InChI is InChI=1S/C15H10F2N.C5H5.Ti/c16-14-15(17,9-10-18-14)13-8-4-3-7-12(13)11-5-1-2-6-11;1-2-4-5-3-1;/h1-10H;1-5H;. The van der Waals surface area contributed by atoms with Crippen LogP contribution in [-0.4, -0.2) is 5.97 Å². The van der Waals surface area contributed by atoms with E-state index in [1.165, 1.54) is 47.4 Å². The first-order valence-corrected chi connectivity index (χ1v) is 19.0. The second-order valence-corrected chi connectivity index (χ2v) is 49.1. The molecule has 10 saturated heterocycles. The van der Waals surface area contributed by atoms with Crippen LogP contribution in [0.3, 0.4) is 0 Å². The van der Waals surface area contributed by atoms with Gasteiger partial charge in [0.1, 0.15) is 0 Å². The third kappa shape index (κ3) is 0.141. The van der Waals surface area contributed by atoms with E-state index in [9.17, 15) is 4.39 Å². The molecular formula is C20H15F2NTi. The minimum absolute atomic E-state index is 0.475. The van der Waals surface area contributed by atoms with Gasteiger partial charge in [-0.2, -0.15) is 0 Å². The molecule has 1 aromatic rings. The van der Waals surface area contributed by atoms with Crippen molar-refractivity contribution in [3.8, 4) is 0 Å². The molecule has 5 unspecified atom stereocenters. The van der Waals surface area contributed by atoms with Crippen LogP contribution in [0.1, 0.15) is 11.1 Å². The molecule has 5 atom stereocenters. The number of rotatable bonds is 2. The summed E-state index contributed by atoms with van der Waals surface area (Å²) in [7, 11) is -3.78. The average molecular weight is 355 g/mol. The van der Waals surface area contributed by atoms with Crippen molar-refractivity contribution in [3.05, 3.63) is 47.7 Å². The Morgan fingerprint density at radius 3 is 1.88 bits per heavy atom. The van der Waals surface area contributed by atoms with Gasteiger partial charge in [-0.3, -0.25) is 0 Å². The molecule has 12 rings (SSSR count). The second-order valence-electron chi connectivity index (χ2n) is 15.8. The van der Waals surface area contributed by atoms with Crippen LogP contribution in [0.15, 0.2) is 41.5 Å². The van der Waals surface area contributed by atoms with Gasteiger partial charge in [-0.05, 0) is 0 Å². The molecule has 24 heavy (non-hydrogen) atoms. The van der Waals surface area contributed by atoms with E-state index in [1.807, 2.05) is 12.1 Å². The van der Waals surface area contributed by atoms with Gasteiger partial charge < -0.3 is 0 Å². The number of nitrogens with zero attached hydrogens (tertiary/aromatic N) is 1. The fourth-order valence-corrected chi connectivity index (χ4v) is 149. The normalized spacial score (nSPS) is 96.4. The van der Waals surface area contributed by atoms with Crippen molar-refractivity contribution < 1.29 is 17.7 Å². The third-order valence-corrected chi connectivity index (χ3v) is 82.7. The molecule has 1 nitrogen and oxygen atoms in total. The van der Waals surface area contributed by atoms with Crippen molar-refractivity contribution in [2.24, 2.45) is 4.99 Å². The Morgan fingerprint density at radius 2 is 1.46 bits per heavy atom. The van der Waals surface area contributed by atoms with Crippen LogP contribution < -0.4 is 0 Å². The first-order chi connectivity index (χ1) is 11.4. The molecule has 4 heteroatoms. The summed E-state index contributed by atoms with van der Waals surface area (Å²) in [5.41, 5.74) is -0.185. The van der Waals surface area contributed by atoms with E-state index in [4.69, 9.17) is 0 Å². The number of fused-ring (bicyclic) bond motifs is 10. The Bertz CT molecular complexity index is 1400. The first-order valence-electron chi connectivity index (χ1n) is 10.2. The van der Waals surface area contributed by atoms with Crippen LogP contribution in [0.4, 0.5) is 8.78 Å². The number of alkyl halides is 1. The average Bonchev–Trinajstić information content (AvgIpc) is 3.50. The zero-order valence-electron chi connectivity index (χ0n) is 12.9. The molecule has 118 valence electrons. The van der Waals surface area contributed by atoms with Gasteiger partial charge in [0.05, 0.1) is 0 Å². The van der Waals surface area contributed by atoms with Gasteiger partial charge in [0.2, 0.25) is 0 Å². The van der Waals surface area contributed by atoms with Gasteiger partial charge in [0, 0.05) is 0 Å². The summed E-state index contributed by atoms with van der Waals surface area (Å²) < 4.78 is 41.2. The topological polar surface area (TPSA) is 12.4 Å². The Balaban J connectivity index is 1.32. The Kier molecular flexibility index (Phi) is 0.413. The molecule has 11 aliphatic rings. The van der Waals surface area contributed by atoms with E-state index in [2.05, 4.69) is 17.1 Å². The number of benzene rings is 1. The fraction of sp³-hybridized carbons (Fsp3) is 0.550. The quantitative estimate of drug-likeness (QED) is 0.618. The van der Waals surface area contributed by atoms with Gasteiger partial charge in [-0.1, -0.05) is 0 Å². The Labute approximate surface area is 123 Å². The van der Waals surface area contributed by atoms with E-state index in [-0.39, 0.29) is 0 Å². The summed E-state index contributed by atoms with van der Waals surface area (Å²) in [5.74, 6) is -0.857. The fourth-order valence-electron chi connectivity index (χ4n) is 26.4. The summed E-state index contributed by atoms with van der Waals surface area (Å²) in [4.78, 5) is 3.63. The summed E-state index contributed by atoms with van der Waals surface area (Å²) in [6.45, 7) is 0. The molecule has 11 heterocycles. The van der Waals surface area contributed by atoms with Gasteiger partial charge in [-0.25, -0.2) is 0 Å². The van der Waals surface area contributed by atoms with Crippen molar-refractivity contribution in [1.82, 2.24) is 0 Å². The van der Waals surface area contributed by atoms with E-state index in [1.54, 1.807) is 0 Å². The van der Waals surface area contributed by atoms with E-state index < -0.39 is 20.5 Å². The molecule has 0 radical (unpaired) electrons. The number of hydrogen-bond donors (Lipinski definition) is 0. The van der Waals surface area contributed by atoms with Crippen LogP contribution in [0.2, 0.25) is 38.0 Å². The Hall–Kier alpha value is -0.796. The zero-order valence-corrected chi connectivity index (χ0v) is 14.4. The third-order valence-electron chi connectivity index (χ3n) is 22.8. The number of halogens is 2. The summed E-state index contributed by atoms with van der Waals surface area (Å²) in [6, 6.07) is 8.07. The predicted molar refractivity (Wildman–Crippen MR) is 82.3 cm³/mol. The molecule has 0 aromatic heterocycles. The van der Waals surface area contributed by atoms with Crippen molar-refractivity contribution in [3.63, 3.8) is 0 Å². The molecule has 10 fully saturated rings. The van der Waals surface area contributed by atoms with Crippen LogP contribution in [0.5, 0.6) is 0 Å².